The Morgan fingerprint density at radius 3 is 1.91 bits per heavy atom. The van der Waals surface area contributed by atoms with Crippen LogP contribution < -0.4 is 4.74 Å². The minimum absolute atomic E-state index is 0.740. The van der Waals surface area contributed by atoms with Crippen LogP contribution in [0.3, 0.4) is 0 Å². The SMILES string of the molecule is CCCCCCCCCCCCCCOc1ccc(C=O)s1. The zero-order valence-corrected chi connectivity index (χ0v) is 15.0. The number of ether oxygens (including phenoxy) is 1. The fraction of sp³-hybridized carbons (Fsp3) is 0.737. The Labute approximate surface area is 140 Å². The summed E-state index contributed by atoms with van der Waals surface area (Å²) in [6.45, 7) is 3.05. The Balaban J connectivity index is 1.79. The molecule has 0 unspecified atom stereocenters. The number of rotatable bonds is 15. The van der Waals surface area contributed by atoms with Crippen LogP contribution in [0, 0.1) is 0 Å². The number of hydrogen-bond acceptors (Lipinski definition) is 3. The maximum atomic E-state index is 10.6. The average molecular weight is 325 g/mol. The maximum absolute atomic E-state index is 10.6. The third-order valence-electron chi connectivity index (χ3n) is 3.96. The number of carbonyl (C=O) groups excluding carboxylic acids is 1. The Kier molecular flexibility index (Phi) is 12.1. The summed E-state index contributed by atoms with van der Waals surface area (Å²) in [5.41, 5.74) is 0. The molecule has 126 valence electrons. The maximum Gasteiger partial charge on any atom is 0.174 e. The van der Waals surface area contributed by atoms with Gasteiger partial charge in [-0.25, -0.2) is 0 Å². The average Bonchev–Trinajstić information content (AvgIpc) is 3.00. The molecule has 22 heavy (non-hydrogen) atoms. The highest BCUT2D eigenvalue weighted by molar-refractivity contribution is 7.15. The van der Waals surface area contributed by atoms with Gasteiger partial charge in [0.25, 0.3) is 0 Å². The van der Waals surface area contributed by atoms with Crippen LogP contribution in [0.1, 0.15) is 93.6 Å². The number of aldehydes is 1. The Morgan fingerprint density at radius 2 is 1.41 bits per heavy atom. The van der Waals surface area contributed by atoms with E-state index in [-0.39, 0.29) is 0 Å². The minimum atomic E-state index is 0.740. The monoisotopic (exact) mass is 324 g/mol. The van der Waals surface area contributed by atoms with Crippen molar-refractivity contribution in [3.8, 4) is 5.06 Å². The molecule has 2 nitrogen and oxygen atoms in total. The summed E-state index contributed by atoms with van der Waals surface area (Å²) in [6, 6.07) is 3.70. The predicted molar refractivity (Wildman–Crippen MR) is 96.3 cm³/mol. The van der Waals surface area contributed by atoms with Gasteiger partial charge < -0.3 is 4.74 Å². The summed E-state index contributed by atoms with van der Waals surface area (Å²) < 4.78 is 5.64. The van der Waals surface area contributed by atoms with Gasteiger partial charge in [-0.3, -0.25) is 4.79 Å². The molecule has 1 aromatic heterocycles. The minimum Gasteiger partial charge on any atom is -0.484 e. The van der Waals surface area contributed by atoms with Crippen molar-refractivity contribution in [2.24, 2.45) is 0 Å². The molecule has 3 heteroatoms. The molecule has 0 fully saturated rings. The molecule has 0 spiro atoms. The fourth-order valence-corrected chi connectivity index (χ4v) is 3.29. The van der Waals surface area contributed by atoms with E-state index in [0.29, 0.717) is 0 Å². The van der Waals surface area contributed by atoms with E-state index in [0.717, 1.165) is 29.3 Å². The first kappa shape index (κ1) is 19.2. The van der Waals surface area contributed by atoms with Crippen LogP contribution in [0.15, 0.2) is 12.1 Å². The summed E-state index contributed by atoms with van der Waals surface area (Å²) in [5, 5.41) is 0.866. The lowest BCUT2D eigenvalue weighted by molar-refractivity contribution is 0.112. The molecular weight excluding hydrogens is 292 g/mol. The molecule has 0 saturated carbocycles. The summed E-state index contributed by atoms with van der Waals surface area (Å²) in [4.78, 5) is 11.3. The van der Waals surface area contributed by atoms with Crippen molar-refractivity contribution in [1.29, 1.82) is 0 Å². The van der Waals surface area contributed by atoms with E-state index in [2.05, 4.69) is 6.92 Å². The molecule has 1 aromatic rings. The number of unbranched alkanes of at least 4 members (excludes halogenated alkanes) is 11. The quantitative estimate of drug-likeness (QED) is 0.267. The first-order chi connectivity index (χ1) is 10.9. The number of thiophene rings is 1. The van der Waals surface area contributed by atoms with E-state index in [1.165, 1.54) is 82.0 Å². The van der Waals surface area contributed by atoms with Crippen LogP contribution in [0.4, 0.5) is 0 Å². The third kappa shape index (κ3) is 9.99. The molecule has 0 aromatic carbocycles. The van der Waals surface area contributed by atoms with Gasteiger partial charge in [-0.1, -0.05) is 88.9 Å². The van der Waals surface area contributed by atoms with Crippen LogP contribution >= 0.6 is 11.3 Å². The second-order valence-corrected chi connectivity index (χ2v) is 7.09. The summed E-state index contributed by atoms with van der Waals surface area (Å²) >= 11 is 1.43. The Bertz CT molecular complexity index is 373. The molecule has 0 radical (unpaired) electrons. The molecule has 1 rings (SSSR count). The lowest BCUT2D eigenvalue weighted by Crippen LogP contribution is -1.95. The van der Waals surface area contributed by atoms with Crippen LogP contribution in [-0.4, -0.2) is 12.9 Å². The second-order valence-electron chi connectivity index (χ2n) is 6.01. The summed E-state index contributed by atoms with van der Waals surface area (Å²) in [6.07, 6.45) is 17.2. The highest BCUT2D eigenvalue weighted by Gasteiger charge is 1.99. The molecule has 0 aliphatic heterocycles. The smallest absolute Gasteiger partial charge is 0.174 e. The zero-order chi connectivity index (χ0) is 15.9. The fourth-order valence-electron chi connectivity index (χ4n) is 2.59. The van der Waals surface area contributed by atoms with Gasteiger partial charge in [-0.2, -0.15) is 0 Å². The number of hydrogen-bond donors (Lipinski definition) is 0. The molecule has 1 heterocycles. The lowest BCUT2D eigenvalue weighted by Gasteiger charge is -2.04. The van der Waals surface area contributed by atoms with E-state index >= 15 is 0 Å². The molecular formula is C19H32O2S. The van der Waals surface area contributed by atoms with Crippen molar-refractivity contribution in [2.75, 3.05) is 6.61 Å². The second kappa shape index (κ2) is 13.8. The van der Waals surface area contributed by atoms with Gasteiger partial charge in [0.05, 0.1) is 11.5 Å². The Morgan fingerprint density at radius 1 is 0.864 bits per heavy atom. The molecule has 0 atom stereocenters. The van der Waals surface area contributed by atoms with Crippen molar-refractivity contribution in [3.63, 3.8) is 0 Å². The molecule has 0 bridgehead atoms. The molecule has 0 aliphatic rings. The normalized spacial score (nSPS) is 10.8. The standard InChI is InChI=1S/C19H32O2S/c1-2-3-4-5-6-7-8-9-10-11-12-13-16-21-19-15-14-18(17-20)22-19/h14-15,17H,2-13,16H2,1H3. The van der Waals surface area contributed by atoms with Crippen molar-refractivity contribution < 1.29 is 9.53 Å². The van der Waals surface area contributed by atoms with E-state index in [1.54, 1.807) is 0 Å². The third-order valence-corrected chi connectivity index (χ3v) is 4.88. The van der Waals surface area contributed by atoms with Gasteiger partial charge in [0.1, 0.15) is 0 Å². The van der Waals surface area contributed by atoms with Crippen LogP contribution in [-0.2, 0) is 0 Å². The highest BCUT2D eigenvalue weighted by Crippen LogP contribution is 2.23. The van der Waals surface area contributed by atoms with Crippen LogP contribution in [0.25, 0.3) is 0 Å². The van der Waals surface area contributed by atoms with Crippen LogP contribution in [0.2, 0.25) is 0 Å². The van der Waals surface area contributed by atoms with Gasteiger partial charge in [-0.05, 0) is 18.6 Å². The summed E-state index contributed by atoms with van der Waals surface area (Å²) in [5.74, 6) is 0. The molecule has 0 saturated heterocycles. The molecule has 0 N–H and O–H groups in total. The van der Waals surface area contributed by atoms with E-state index in [9.17, 15) is 4.79 Å². The Hall–Kier alpha value is -0.830. The van der Waals surface area contributed by atoms with Crippen molar-refractivity contribution in [3.05, 3.63) is 17.0 Å². The topological polar surface area (TPSA) is 26.3 Å². The van der Waals surface area contributed by atoms with E-state index in [1.807, 2.05) is 12.1 Å². The highest BCUT2D eigenvalue weighted by atomic mass is 32.1. The van der Waals surface area contributed by atoms with Gasteiger partial charge >= 0.3 is 0 Å². The van der Waals surface area contributed by atoms with Gasteiger partial charge in [0.2, 0.25) is 0 Å². The summed E-state index contributed by atoms with van der Waals surface area (Å²) in [7, 11) is 0. The first-order valence-corrected chi connectivity index (χ1v) is 9.86. The zero-order valence-electron chi connectivity index (χ0n) is 14.1. The van der Waals surface area contributed by atoms with Crippen LogP contribution in [0.5, 0.6) is 5.06 Å². The van der Waals surface area contributed by atoms with Crippen molar-refractivity contribution >= 4 is 17.6 Å². The number of carbonyl (C=O) groups is 1. The van der Waals surface area contributed by atoms with Crippen molar-refractivity contribution in [2.45, 2.75) is 84.0 Å². The lowest BCUT2D eigenvalue weighted by atomic mass is 10.1. The van der Waals surface area contributed by atoms with Gasteiger partial charge in [0.15, 0.2) is 11.3 Å². The largest absolute Gasteiger partial charge is 0.484 e. The molecule has 0 aliphatic carbocycles. The predicted octanol–water partition coefficient (Wildman–Crippen LogP) is 6.64. The van der Waals surface area contributed by atoms with Gasteiger partial charge in [0, 0.05) is 0 Å². The van der Waals surface area contributed by atoms with Gasteiger partial charge in [-0.15, -0.1) is 0 Å². The molecule has 0 amide bonds. The van der Waals surface area contributed by atoms with Crippen molar-refractivity contribution in [1.82, 2.24) is 0 Å². The van der Waals surface area contributed by atoms with E-state index in [4.69, 9.17) is 4.74 Å². The first-order valence-electron chi connectivity index (χ1n) is 9.04. The van der Waals surface area contributed by atoms with E-state index < -0.39 is 0 Å².